The number of benzene rings is 1. The summed E-state index contributed by atoms with van der Waals surface area (Å²) in [5.74, 6) is 0. The summed E-state index contributed by atoms with van der Waals surface area (Å²) >= 11 is 0. The molecule has 0 fully saturated rings. The van der Waals surface area contributed by atoms with Crippen molar-refractivity contribution >= 4 is 21.4 Å². The fraction of sp³-hybridized carbons (Fsp3) is 0. The molecule has 0 aliphatic heterocycles. The van der Waals surface area contributed by atoms with Gasteiger partial charge in [0.15, 0.2) is 0 Å². The molecule has 0 aliphatic carbocycles. The first-order chi connectivity index (χ1) is 7.21. The number of rotatable bonds is 3. The second-order valence-electron chi connectivity index (χ2n) is 2.74. The number of nitrogens with zero attached hydrogens (tertiary/aromatic N) is 2. The fourth-order valence-corrected chi connectivity index (χ4v) is 1.51. The van der Waals surface area contributed by atoms with Gasteiger partial charge in [0.25, 0.3) is 11.4 Å². The molecule has 1 aromatic rings. The fourth-order valence-electron chi connectivity index (χ4n) is 0.943. The van der Waals surface area contributed by atoms with E-state index in [1.165, 1.54) is 0 Å². The van der Waals surface area contributed by atoms with Crippen LogP contribution in [0.15, 0.2) is 23.1 Å². The zero-order valence-corrected chi connectivity index (χ0v) is 8.38. The molecule has 0 bridgehead atoms. The number of hydrogen-bond donors (Lipinski definition) is 1. The minimum absolute atomic E-state index is 0.648. The molecule has 0 atom stereocenters. The molecular formula is C6H5N3O6S. The maximum Gasteiger partial charge on any atom is 0.277 e. The van der Waals surface area contributed by atoms with Crippen molar-refractivity contribution in [2.24, 2.45) is 5.14 Å². The van der Waals surface area contributed by atoms with Gasteiger partial charge in [0.1, 0.15) is 0 Å². The van der Waals surface area contributed by atoms with Crippen molar-refractivity contribution in [3.63, 3.8) is 0 Å². The lowest BCUT2D eigenvalue weighted by Crippen LogP contribution is -2.12. The van der Waals surface area contributed by atoms with Crippen LogP contribution >= 0.6 is 0 Å². The molecule has 2 N–H and O–H groups in total. The number of non-ortho nitro benzene ring substituents is 2. The molecule has 0 heterocycles. The molecule has 86 valence electrons. The Kier molecular flexibility index (Phi) is 2.87. The monoisotopic (exact) mass is 247 g/mol. The van der Waals surface area contributed by atoms with E-state index in [1.54, 1.807) is 0 Å². The summed E-state index contributed by atoms with van der Waals surface area (Å²) in [6.45, 7) is 0. The summed E-state index contributed by atoms with van der Waals surface area (Å²) < 4.78 is 21.8. The Bertz CT molecular complexity index is 533. The molecule has 10 heteroatoms. The number of nitro groups is 2. The molecule has 0 aliphatic rings. The molecule has 0 unspecified atom stereocenters. The maximum atomic E-state index is 10.9. The van der Waals surface area contributed by atoms with Crippen LogP contribution in [0.2, 0.25) is 0 Å². The van der Waals surface area contributed by atoms with E-state index in [0.29, 0.717) is 18.2 Å². The summed E-state index contributed by atoms with van der Waals surface area (Å²) in [4.78, 5) is 18.2. The van der Waals surface area contributed by atoms with Crippen LogP contribution in [0.25, 0.3) is 0 Å². The Morgan fingerprint density at radius 3 is 1.62 bits per heavy atom. The van der Waals surface area contributed by atoms with Gasteiger partial charge in [0.05, 0.1) is 20.8 Å². The third-order valence-corrected chi connectivity index (χ3v) is 2.52. The topological polar surface area (TPSA) is 146 Å². The van der Waals surface area contributed by atoms with E-state index in [9.17, 15) is 28.6 Å². The summed E-state index contributed by atoms with van der Waals surface area (Å²) in [5.41, 5.74) is -1.42. The van der Waals surface area contributed by atoms with Gasteiger partial charge in [-0.3, -0.25) is 20.2 Å². The number of nitrogens with two attached hydrogens (primary N) is 1. The number of nitro benzene ring substituents is 2. The molecule has 0 spiro atoms. The lowest BCUT2D eigenvalue weighted by molar-refractivity contribution is -0.394. The highest BCUT2D eigenvalue weighted by molar-refractivity contribution is 7.89. The Labute approximate surface area is 88.8 Å². The predicted molar refractivity (Wildman–Crippen MR) is 51.1 cm³/mol. The Hall–Kier alpha value is -2.07. The molecular weight excluding hydrogens is 242 g/mol. The standard InChI is InChI=1S/C6H5N3O6S/c7-16(14,15)6-2-4(8(10)11)1-5(3-6)9(12)13/h1-3H,(H2,7,14,15). The zero-order chi connectivity index (χ0) is 12.5. The van der Waals surface area contributed by atoms with E-state index in [0.717, 1.165) is 0 Å². The van der Waals surface area contributed by atoms with E-state index >= 15 is 0 Å². The van der Waals surface area contributed by atoms with E-state index in [-0.39, 0.29) is 0 Å². The SMILES string of the molecule is NS(=O)(=O)c1cc([N+](=O)[O-])cc([N+](=O)[O-])c1. The molecule has 0 radical (unpaired) electrons. The average molecular weight is 247 g/mol. The Morgan fingerprint density at radius 2 is 1.38 bits per heavy atom. The first-order valence-electron chi connectivity index (χ1n) is 3.68. The van der Waals surface area contributed by atoms with Crippen LogP contribution < -0.4 is 5.14 Å². The molecule has 9 nitrogen and oxygen atoms in total. The van der Waals surface area contributed by atoms with E-state index in [2.05, 4.69) is 0 Å². The van der Waals surface area contributed by atoms with Crippen LogP contribution in [0.4, 0.5) is 11.4 Å². The number of sulfonamides is 1. The van der Waals surface area contributed by atoms with Gasteiger partial charge in [-0.2, -0.15) is 0 Å². The largest absolute Gasteiger partial charge is 0.277 e. The first-order valence-corrected chi connectivity index (χ1v) is 5.23. The van der Waals surface area contributed by atoms with Crippen LogP contribution in [0.3, 0.4) is 0 Å². The molecule has 0 saturated carbocycles. The van der Waals surface area contributed by atoms with Crippen LogP contribution in [0.5, 0.6) is 0 Å². The minimum atomic E-state index is -4.22. The van der Waals surface area contributed by atoms with Crippen LogP contribution in [0, 0.1) is 20.2 Å². The molecule has 16 heavy (non-hydrogen) atoms. The highest BCUT2D eigenvalue weighted by Gasteiger charge is 2.21. The van der Waals surface area contributed by atoms with Crippen molar-refractivity contribution in [1.29, 1.82) is 0 Å². The lowest BCUT2D eigenvalue weighted by atomic mass is 10.3. The van der Waals surface area contributed by atoms with E-state index < -0.39 is 36.1 Å². The van der Waals surface area contributed by atoms with Gasteiger partial charge in [0, 0.05) is 12.1 Å². The van der Waals surface area contributed by atoms with Gasteiger partial charge in [-0.05, 0) is 0 Å². The second-order valence-corrected chi connectivity index (χ2v) is 4.31. The average Bonchev–Trinajstić information content (AvgIpc) is 2.15. The summed E-state index contributed by atoms with van der Waals surface area (Å²) in [6.07, 6.45) is 0. The van der Waals surface area contributed by atoms with Crippen molar-refractivity contribution in [1.82, 2.24) is 0 Å². The van der Waals surface area contributed by atoms with Gasteiger partial charge in [-0.15, -0.1) is 0 Å². The molecule has 1 rings (SSSR count). The molecule has 0 amide bonds. The summed E-state index contributed by atoms with van der Waals surface area (Å²) in [5, 5.41) is 25.5. The van der Waals surface area contributed by atoms with Gasteiger partial charge >= 0.3 is 0 Å². The van der Waals surface area contributed by atoms with E-state index in [1.807, 2.05) is 0 Å². The highest BCUT2D eigenvalue weighted by atomic mass is 32.2. The van der Waals surface area contributed by atoms with Gasteiger partial charge in [0.2, 0.25) is 10.0 Å². The Morgan fingerprint density at radius 1 is 1.00 bits per heavy atom. The van der Waals surface area contributed by atoms with Crippen LogP contribution in [0.1, 0.15) is 0 Å². The lowest BCUT2D eigenvalue weighted by Gasteiger charge is -1.98. The minimum Gasteiger partial charge on any atom is -0.258 e. The summed E-state index contributed by atoms with van der Waals surface area (Å²) in [7, 11) is -4.22. The smallest absolute Gasteiger partial charge is 0.258 e. The quantitative estimate of drug-likeness (QED) is 0.593. The van der Waals surface area contributed by atoms with Gasteiger partial charge in [-0.1, -0.05) is 0 Å². The van der Waals surface area contributed by atoms with E-state index in [4.69, 9.17) is 5.14 Å². The zero-order valence-electron chi connectivity index (χ0n) is 7.56. The second kappa shape index (κ2) is 3.83. The van der Waals surface area contributed by atoms with Crippen LogP contribution in [-0.2, 0) is 10.0 Å². The normalized spacial score (nSPS) is 11.1. The molecule has 0 aromatic heterocycles. The van der Waals surface area contributed by atoms with Crippen molar-refractivity contribution in [2.45, 2.75) is 4.90 Å². The summed E-state index contributed by atoms with van der Waals surface area (Å²) in [6, 6.07) is 1.96. The number of hydrogen-bond acceptors (Lipinski definition) is 6. The van der Waals surface area contributed by atoms with Crippen molar-refractivity contribution in [3.05, 3.63) is 38.4 Å². The Balaban J connectivity index is 3.54. The third-order valence-electron chi connectivity index (χ3n) is 1.63. The van der Waals surface area contributed by atoms with Crippen molar-refractivity contribution in [2.75, 3.05) is 0 Å². The molecule has 1 aromatic carbocycles. The third kappa shape index (κ3) is 2.49. The van der Waals surface area contributed by atoms with Crippen molar-refractivity contribution in [3.8, 4) is 0 Å². The molecule has 0 saturated heterocycles. The predicted octanol–water partition coefficient (Wildman–Crippen LogP) is 0.150. The van der Waals surface area contributed by atoms with Crippen LogP contribution in [-0.4, -0.2) is 18.3 Å². The first kappa shape index (κ1) is 12.0. The van der Waals surface area contributed by atoms with Gasteiger partial charge in [-0.25, -0.2) is 13.6 Å². The maximum absolute atomic E-state index is 10.9. The highest BCUT2D eigenvalue weighted by Crippen LogP contribution is 2.24. The van der Waals surface area contributed by atoms with Gasteiger partial charge < -0.3 is 0 Å². The number of primary sulfonamides is 1. The van der Waals surface area contributed by atoms with Crippen molar-refractivity contribution < 1.29 is 18.3 Å².